The minimum atomic E-state index is 0.374. The largest absolute Gasteiger partial charge is 0.258 e. The third-order valence-corrected chi connectivity index (χ3v) is 2.44. The molecule has 0 saturated heterocycles. The van der Waals surface area contributed by atoms with E-state index in [-0.39, 0.29) is 0 Å². The lowest BCUT2D eigenvalue weighted by Gasteiger charge is -1.98. The number of fused-ring (bicyclic) bond motifs is 1. The van der Waals surface area contributed by atoms with Crippen LogP contribution in [0.3, 0.4) is 0 Å². The van der Waals surface area contributed by atoms with E-state index in [9.17, 15) is 0 Å². The van der Waals surface area contributed by atoms with Gasteiger partial charge in [-0.3, -0.25) is 4.98 Å². The average molecular weight is 247 g/mol. The highest BCUT2D eigenvalue weighted by molar-refractivity contribution is 6.29. The van der Waals surface area contributed by atoms with Gasteiger partial charge in [0.05, 0.1) is 11.9 Å². The smallest absolute Gasteiger partial charge is 0.205 e. The molecule has 17 heavy (non-hydrogen) atoms. The summed E-state index contributed by atoms with van der Waals surface area (Å²) in [4.78, 5) is 8.39. The molecule has 0 atom stereocenters. The maximum absolute atomic E-state index is 5.84. The van der Waals surface area contributed by atoms with Crippen LogP contribution in [0.5, 0.6) is 0 Å². The van der Waals surface area contributed by atoms with Crippen molar-refractivity contribution in [2.75, 3.05) is 0 Å². The van der Waals surface area contributed by atoms with Crippen molar-refractivity contribution in [2.24, 2.45) is 0 Å². The van der Waals surface area contributed by atoms with Crippen LogP contribution in [-0.4, -0.2) is 29.8 Å². The fourth-order valence-electron chi connectivity index (χ4n) is 1.43. The van der Waals surface area contributed by atoms with Gasteiger partial charge in [-0.2, -0.15) is 9.61 Å². The van der Waals surface area contributed by atoms with Gasteiger partial charge in [-0.15, -0.1) is 10.2 Å². The van der Waals surface area contributed by atoms with Crippen molar-refractivity contribution in [3.05, 3.63) is 35.4 Å². The summed E-state index contributed by atoms with van der Waals surface area (Å²) >= 11 is 5.84. The number of nitrogens with zero attached hydrogens (tertiary/aromatic N) is 6. The summed E-state index contributed by atoms with van der Waals surface area (Å²) < 4.78 is 1.54. The first-order valence-electron chi connectivity index (χ1n) is 4.91. The zero-order valence-corrected chi connectivity index (χ0v) is 9.63. The maximum atomic E-state index is 5.84. The molecule has 3 aromatic heterocycles. The first-order chi connectivity index (χ1) is 8.24. The molecule has 84 valence electrons. The Hall–Kier alpha value is -2.08. The van der Waals surface area contributed by atoms with Crippen LogP contribution in [0, 0.1) is 6.92 Å². The molecule has 3 rings (SSSR count). The highest BCUT2D eigenvalue weighted by Gasteiger charge is 2.10. The standard InChI is InChI=1S/C10H7ClN6/c1-6-4-13-7(5-12-6)10-15-14-9-3-2-8(11)16-17(9)10/h2-5H,1H3. The molecule has 0 radical (unpaired) electrons. The molecular formula is C10H7ClN6. The number of aromatic nitrogens is 6. The average Bonchev–Trinajstić information content (AvgIpc) is 2.73. The molecule has 3 aromatic rings. The van der Waals surface area contributed by atoms with Crippen molar-refractivity contribution in [3.8, 4) is 11.5 Å². The predicted octanol–water partition coefficient (Wildman–Crippen LogP) is 1.54. The summed E-state index contributed by atoms with van der Waals surface area (Å²) in [6.45, 7) is 1.87. The van der Waals surface area contributed by atoms with Crippen molar-refractivity contribution in [1.82, 2.24) is 29.8 Å². The molecule has 6 nitrogen and oxygen atoms in total. The molecule has 0 aliphatic heterocycles. The molecule has 0 saturated carbocycles. The topological polar surface area (TPSA) is 68.9 Å². The summed E-state index contributed by atoms with van der Waals surface area (Å²) in [6.07, 6.45) is 3.30. The van der Waals surface area contributed by atoms with Gasteiger partial charge in [0.15, 0.2) is 5.65 Å². The molecule has 0 amide bonds. The highest BCUT2D eigenvalue weighted by Crippen LogP contribution is 2.15. The van der Waals surface area contributed by atoms with Gasteiger partial charge in [0.1, 0.15) is 10.8 Å². The second-order valence-corrected chi connectivity index (χ2v) is 3.88. The van der Waals surface area contributed by atoms with Crippen LogP contribution in [-0.2, 0) is 0 Å². The number of rotatable bonds is 1. The quantitative estimate of drug-likeness (QED) is 0.652. The Morgan fingerprint density at radius 1 is 1.12 bits per heavy atom. The van der Waals surface area contributed by atoms with Gasteiger partial charge in [-0.25, -0.2) is 4.98 Å². The summed E-state index contributed by atoms with van der Waals surface area (Å²) in [5, 5.41) is 12.5. The molecule has 0 aliphatic carbocycles. The van der Waals surface area contributed by atoms with Crippen LogP contribution >= 0.6 is 11.6 Å². The van der Waals surface area contributed by atoms with Crippen molar-refractivity contribution in [3.63, 3.8) is 0 Å². The first kappa shape index (κ1) is 10.1. The van der Waals surface area contributed by atoms with E-state index >= 15 is 0 Å². The zero-order valence-electron chi connectivity index (χ0n) is 8.87. The van der Waals surface area contributed by atoms with Crippen LogP contribution in [0.1, 0.15) is 5.69 Å². The van der Waals surface area contributed by atoms with E-state index in [2.05, 4.69) is 25.3 Å². The van der Waals surface area contributed by atoms with Gasteiger partial charge < -0.3 is 0 Å². The summed E-state index contributed by atoms with van der Waals surface area (Å²) in [5.41, 5.74) is 2.07. The molecule has 0 spiro atoms. The van der Waals surface area contributed by atoms with Crippen LogP contribution in [0.15, 0.2) is 24.5 Å². The number of hydrogen-bond acceptors (Lipinski definition) is 5. The molecule has 3 heterocycles. The Bertz CT molecular complexity index is 675. The number of hydrogen-bond donors (Lipinski definition) is 0. The van der Waals surface area contributed by atoms with Crippen LogP contribution in [0.4, 0.5) is 0 Å². The Labute approximate surface area is 101 Å². The Kier molecular flexibility index (Phi) is 2.22. The second kappa shape index (κ2) is 3.74. The van der Waals surface area contributed by atoms with Gasteiger partial charge in [-0.05, 0) is 19.1 Å². The SMILES string of the molecule is Cc1cnc(-c2nnc3ccc(Cl)nn23)cn1. The monoisotopic (exact) mass is 246 g/mol. The minimum Gasteiger partial charge on any atom is -0.258 e. The van der Waals surface area contributed by atoms with Gasteiger partial charge in [-0.1, -0.05) is 11.6 Å². The third kappa shape index (κ3) is 1.72. The molecule has 0 unspecified atom stereocenters. The lowest BCUT2D eigenvalue weighted by atomic mass is 10.4. The molecular weight excluding hydrogens is 240 g/mol. The van der Waals surface area contributed by atoms with Crippen molar-refractivity contribution < 1.29 is 0 Å². The summed E-state index contributed by atoms with van der Waals surface area (Å²) in [5.74, 6) is 0.523. The molecule has 0 fully saturated rings. The van der Waals surface area contributed by atoms with E-state index in [0.29, 0.717) is 22.3 Å². The zero-order chi connectivity index (χ0) is 11.8. The van der Waals surface area contributed by atoms with E-state index in [1.165, 1.54) is 0 Å². The van der Waals surface area contributed by atoms with Gasteiger partial charge in [0, 0.05) is 6.20 Å². The molecule has 7 heteroatoms. The maximum Gasteiger partial charge on any atom is 0.205 e. The molecule has 0 bridgehead atoms. The third-order valence-electron chi connectivity index (χ3n) is 2.24. The van der Waals surface area contributed by atoms with Crippen molar-refractivity contribution >= 4 is 17.2 Å². The molecule has 0 aliphatic rings. The van der Waals surface area contributed by atoms with E-state index < -0.39 is 0 Å². The Morgan fingerprint density at radius 3 is 2.76 bits per heavy atom. The van der Waals surface area contributed by atoms with Crippen molar-refractivity contribution in [2.45, 2.75) is 6.92 Å². The van der Waals surface area contributed by atoms with Gasteiger partial charge in [0.2, 0.25) is 5.82 Å². The Balaban J connectivity index is 2.23. The fourth-order valence-corrected chi connectivity index (χ4v) is 1.57. The van der Waals surface area contributed by atoms with Crippen molar-refractivity contribution in [1.29, 1.82) is 0 Å². The Morgan fingerprint density at radius 2 is 2.00 bits per heavy atom. The van der Waals surface area contributed by atoms with Gasteiger partial charge >= 0.3 is 0 Å². The van der Waals surface area contributed by atoms with Crippen LogP contribution < -0.4 is 0 Å². The van der Waals surface area contributed by atoms with E-state index in [4.69, 9.17) is 11.6 Å². The predicted molar refractivity (Wildman–Crippen MR) is 61.6 cm³/mol. The lowest BCUT2D eigenvalue weighted by Crippen LogP contribution is -1.97. The van der Waals surface area contributed by atoms with Crippen LogP contribution in [0.2, 0.25) is 5.15 Å². The highest BCUT2D eigenvalue weighted by atomic mass is 35.5. The van der Waals surface area contributed by atoms with E-state index in [1.54, 1.807) is 29.0 Å². The second-order valence-electron chi connectivity index (χ2n) is 3.49. The minimum absolute atomic E-state index is 0.374. The summed E-state index contributed by atoms with van der Waals surface area (Å²) in [6, 6.07) is 3.41. The van der Waals surface area contributed by atoms with Crippen LogP contribution in [0.25, 0.3) is 17.2 Å². The molecule has 0 aromatic carbocycles. The lowest BCUT2D eigenvalue weighted by molar-refractivity contribution is 0.925. The first-order valence-corrected chi connectivity index (χ1v) is 5.29. The molecule has 0 N–H and O–H groups in total. The fraction of sp³-hybridized carbons (Fsp3) is 0.100. The van der Waals surface area contributed by atoms with E-state index in [1.807, 2.05) is 6.92 Å². The number of halogens is 1. The van der Waals surface area contributed by atoms with E-state index in [0.717, 1.165) is 5.69 Å². The normalized spacial score (nSPS) is 10.9. The summed E-state index contributed by atoms with van der Waals surface area (Å²) in [7, 11) is 0. The van der Waals surface area contributed by atoms with Gasteiger partial charge in [0.25, 0.3) is 0 Å². The number of aryl methyl sites for hydroxylation is 1.